The number of hydrogen-bond acceptors (Lipinski definition) is 4. The molecule has 2 aromatic carbocycles. The van der Waals surface area contributed by atoms with Crippen molar-refractivity contribution in [3.05, 3.63) is 54.2 Å². The van der Waals surface area contributed by atoms with Gasteiger partial charge >= 0.3 is 0 Å². The van der Waals surface area contributed by atoms with Gasteiger partial charge in [-0.2, -0.15) is 5.10 Å². The minimum atomic E-state index is 0.668. The largest absolute Gasteiger partial charge is 0.494 e. The van der Waals surface area contributed by atoms with Gasteiger partial charge in [-0.1, -0.05) is 24.3 Å². The van der Waals surface area contributed by atoms with Crippen molar-refractivity contribution in [3.8, 4) is 5.75 Å². The van der Waals surface area contributed by atoms with E-state index < -0.39 is 0 Å². The molecule has 21 heavy (non-hydrogen) atoms. The summed E-state index contributed by atoms with van der Waals surface area (Å²) >= 11 is 0. The molecule has 0 aliphatic heterocycles. The van der Waals surface area contributed by atoms with E-state index >= 15 is 0 Å². The predicted molar refractivity (Wildman–Crippen MR) is 85.2 cm³/mol. The molecule has 0 unspecified atom stereocenters. The van der Waals surface area contributed by atoms with Crippen molar-refractivity contribution in [1.29, 1.82) is 0 Å². The average molecular weight is 279 g/mol. The quantitative estimate of drug-likeness (QED) is 0.781. The van der Waals surface area contributed by atoms with E-state index in [-0.39, 0.29) is 0 Å². The van der Waals surface area contributed by atoms with Crippen LogP contribution in [-0.4, -0.2) is 16.8 Å². The number of fused-ring (bicyclic) bond motifs is 1. The van der Waals surface area contributed by atoms with Crippen LogP contribution in [0.15, 0.2) is 48.5 Å². The van der Waals surface area contributed by atoms with Crippen LogP contribution in [0.4, 0.5) is 11.5 Å². The molecular weight excluding hydrogens is 262 g/mol. The second-order valence-corrected chi connectivity index (χ2v) is 4.76. The Kier molecular flexibility index (Phi) is 3.69. The molecule has 1 heterocycles. The van der Waals surface area contributed by atoms with Crippen LogP contribution >= 0.6 is 0 Å². The second-order valence-electron chi connectivity index (χ2n) is 4.76. The number of benzene rings is 2. The van der Waals surface area contributed by atoms with Crippen molar-refractivity contribution in [2.45, 2.75) is 13.8 Å². The predicted octanol–water partition coefficient (Wildman–Crippen LogP) is 4.08. The van der Waals surface area contributed by atoms with Crippen LogP contribution in [0.5, 0.6) is 5.75 Å². The maximum absolute atomic E-state index is 5.44. The highest BCUT2D eigenvalue weighted by Crippen LogP contribution is 2.26. The van der Waals surface area contributed by atoms with Crippen molar-refractivity contribution < 1.29 is 4.74 Å². The van der Waals surface area contributed by atoms with Gasteiger partial charge in [-0.15, -0.1) is 5.10 Å². The monoisotopic (exact) mass is 279 g/mol. The number of ether oxygens (including phenoxy) is 1. The highest BCUT2D eigenvalue weighted by Gasteiger charge is 2.06. The smallest absolute Gasteiger partial charge is 0.160 e. The van der Waals surface area contributed by atoms with Crippen molar-refractivity contribution in [2.75, 3.05) is 11.9 Å². The zero-order valence-corrected chi connectivity index (χ0v) is 12.1. The zero-order chi connectivity index (χ0) is 14.7. The number of rotatable bonds is 4. The summed E-state index contributed by atoms with van der Waals surface area (Å²) in [5, 5.41) is 14.0. The van der Waals surface area contributed by atoms with Gasteiger partial charge in [-0.05, 0) is 38.1 Å². The van der Waals surface area contributed by atoms with E-state index in [9.17, 15) is 0 Å². The number of anilines is 2. The zero-order valence-electron chi connectivity index (χ0n) is 12.1. The summed E-state index contributed by atoms with van der Waals surface area (Å²) in [5.41, 5.74) is 1.89. The first-order valence-electron chi connectivity index (χ1n) is 7.00. The first kappa shape index (κ1) is 13.4. The maximum atomic E-state index is 5.44. The number of nitrogens with zero attached hydrogens (tertiary/aromatic N) is 2. The third-order valence-electron chi connectivity index (χ3n) is 3.30. The van der Waals surface area contributed by atoms with Crippen LogP contribution in [0.25, 0.3) is 10.8 Å². The summed E-state index contributed by atoms with van der Waals surface area (Å²) in [4.78, 5) is 0. The summed E-state index contributed by atoms with van der Waals surface area (Å²) in [6, 6.07) is 16.0. The number of hydrogen-bond donors (Lipinski definition) is 1. The van der Waals surface area contributed by atoms with E-state index in [1.807, 2.05) is 56.3 Å². The van der Waals surface area contributed by atoms with Gasteiger partial charge in [-0.3, -0.25) is 0 Å². The molecular formula is C17H17N3O. The van der Waals surface area contributed by atoms with Crippen molar-refractivity contribution in [2.24, 2.45) is 0 Å². The van der Waals surface area contributed by atoms with E-state index in [0.717, 1.165) is 33.7 Å². The third-order valence-corrected chi connectivity index (χ3v) is 3.30. The van der Waals surface area contributed by atoms with Gasteiger partial charge < -0.3 is 10.1 Å². The van der Waals surface area contributed by atoms with E-state index in [2.05, 4.69) is 21.6 Å². The SMILES string of the molecule is CCOc1ccc(Nc2nnc(C)c3ccccc23)cc1. The van der Waals surface area contributed by atoms with Crippen LogP contribution in [0.2, 0.25) is 0 Å². The molecule has 3 aromatic rings. The number of aryl methyl sites for hydroxylation is 1. The lowest BCUT2D eigenvalue weighted by Crippen LogP contribution is -1.99. The molecule has 3 rings (SSSR count). The Hall–Kier alpha value is -2.62. The lowest BCUT2D eigenvalue weighted by atomic mass is 10.1. The summed E-state index contributed by atoms with van der Waals surface area (Å²) in [6.07, 6.45) is 0. The Labute approximate surface area is 123 Å². The van der Waals surface area contributed by atoms with Gasteiger partial charge in [0.1, 0.15) is 5.75 Å². The number of aromatic nitrogens is 2. The molecule has 0 amide bonds. The van der Waals surface area contributed by atoms with E-state index in [0.29, 0.717) is 6.61 Å². The van der Waals surface area contributed by atoms with E-state index in [1.165, 1.54) is 0 Å². The highest BCUT2D eigenvalue weighted by atomic mass is 16.5. The van der Waals surface area contributed by atoms with Gasteiger partial charge in [0, 0.05) is 16.5 Å². The maximum Gasteiger partial charge on any atom is 0.160 e. The van der Waals surface area contributed by atoms with Crippen LogP contribution < -0.4 is 10.1 Å². The molecule has 0 atom stereocenters. The minimum absolute atomic E-state index is 0.668. The normalized spacial score (nSPS) is 10.6. The number of nitrogens with one attached hydrogen (secondary N) is 1. The molecule has 0 fully saturated rings. The Morgan fingerprint density at radius 2 is 1.67 bits per heavy atom. The van der Waals surface area contributed by atoms with Gasteiger partial charge in [0.2, 0.25) is 0 Å². The lowest BCUT2D eigenvalue weighted by Gasteiger charge is -2.10. The fourth-order valence-corrected chi connectivity index (χ4v) is 2.27. The lowest BCUT2D eigenvalue weighted by molar-refractivity contribution is 0.340. The van der Waals surface area contributed by atoms with Gasteiger partial charge in [0.25, 0.3) is 0 Å². The fraction of sp³-hybridized carbons (Fsp3) is 0.176. The Morgan fingerprint density at radius 1 is 0.952 bits per heavy atom. The summed E-state index contributed by atoms with van der Waals surface area (Å²) in [6.45, 7) is 4.61. The Balaban J connectivity index is 1.93. The van der Waals surface area contributed by atoms with Crippen LogP contribution in [-0.2, 0) is 0 Å². The van der Waals surface area contributed by atoms with Crippen molar-refractivity contribution in [3.63, 3.8) is 0 Å². The molecule has 0 spiro atoms. The van der Waals surface area contributed by atoms with Crippen LogP contribution in [0.1, 0.15) is 12.6 Å². The fourth-order valence-electron chi connectivity index (χ4n) is 2.27. The molecule has 0 saturated carbocycles. The summed E-state index contributed by atoms with van der Waals surface area (Å²) in [7, 11) is 0. The molecule has 4 nitrogen and oxygen atoms in total. The van der Waals surface area contributed by atoms with Crippen LogP contribution in [0.3, 0.4) is 0 Å². The summed E-state index contributed by atoms with van der Waals surface area (Å²) < 4.78 is 5.44. The van der Waals surface area contributed by atoms with E-state index in [1.54, 1.807) is 0 Å². The minimum Gasteiger partial charge on any atom is -0.494 e. The molecule has 0 aliphatic rings. The molecule has 0 aliphatic carbocycles. The van der Waals surface area contributed by atoms with E-state index in [4.69, 9.17) is 4.74 Å². The molecule has 0 saturated heterocycles. The standard InChI is InChI=1S/C17H17N3O/c1-3-21-14-10-8-13(9-11-14)18-17-16-7-5-4-6-15(16)12(2)19-20-17/h4-11H,3H2,1-2H3,(H,18,20). The highest BCUT2D eigenvalue weighted by molar-refractivity contribution is 5.94. The topological polar surface area (TPSA) is 47.0 Å². The second kappa shape index (κ2) is 5.79. The van der Waals surface area contributed by atoms with Gasteiger partial charge in [0.05, 0.1) is 12.3 Å². The first-order chi connectivity index (χ1) is 10.3. The molecule has 106 valence electrons. The molecule has 1 aromatic heterocycles. The van der Waals surface area contributed by atoms with Crippen LogP contribution in [0, 0.1) is 6.92 Å². The first-order valence-corrected chi connectivity index (χ1v) is 7.00. The Morgan fingerprint density at radius 3 is 2.38 bits per heavy atom. The van der Waals surface area contributed by atoms with Crippen molar-refractivity contribution >= 4 is 22.3 Å². The molecule has 0 radical (unpaired) electrons. The summed E-state index contributed by atoms with van der Waals surface area (Å²) in [5.74, 6) is 1.63. The molecule has 0 bridgehead atoms. The Bertz CT molecular complexity index is 754. The van der Waals surface area contributed by atoms with Gasteiger partial charge in [-0.25, -0.2) is 0 Å². The molecule has 4 heteroatoms. The third kappa shape index (κ3) is 2.79. The molecule has 1 N–H and O–H groups in total. The average Bonchev–Trinajstić information content (AvgIpc) is 2.52. The van der Waals surface area contributed by atoms with Gasteiger partial charge in [0.15, 0.2) is 5.82 Å². The van der Waals surface area contributed by atoms with Crippen molar-refractivity contribution in [1.82, 2.24) is 10.2 Å².